The van der Waals surface area contributed by atoms with Crippen LogP contribution in [0, 0.1) is 0 Å². The highest BCUT2D eigenvalue weighted by Gasteiger charge is 2.23. The summed E-state index contributed by atoms with van der Waals surface area (Å²) in [6.07, 6.45) is 0.950. The van der Waals surface area contributed by atoms with Crippen molar-refractivity contribution in [3.8, 4) is 5.75 Å². The second-order valence-corrected chi connectivity index (χ2v) is 8.42. The maximum Gasteiger partial charge on any atom is 0.275 e. The maximum atomic E-state index is 12.9. The van der Waals surface area contributed by atoms with E-state index in [0.29, 0.717) is 23.9 Å². The second-order valence-electron chi connectivity index (χ2n) is 8.42. The highest BCUT2D eigenvalue weighted by Crippen LogP contribution is 2.26. The Balaban J connectivity index is 1.24. The first-order valence-corrected chi connectivity index (χ1v) is 11.0. The van der Waals surface area contributed by atoms with E-state index in [0.717, 1.165) is 43.1 Å². The number of carbonyl (C=O) groups excluding carboxylic acids is 2. The highest BCUT2D eigenvalue weighted by molar-refractivity contribution is 6.04. The summed E-state index contributed by atoms with van der Waals surface area (Å²) in [7, 11) is 0. The van der Waals surface area contributed by atoms with Crippen molar-refractivity contribution in [3.05, 3.63) is 69.6 Å². The molecule has 33 heavy (non-hydrogen) atoms. The van der Waals surface area contributed by atoms with Gasteiger partial charge in [0.1, 0.15) is 12.3 Å². The van der Waals surface area contributed by atoms with Gasteiger partial charge in [-0.25, -0.2) is 4.68 Å². The van der Waals surface area contributed by atoms with Crippen molar-refractivity contribution in [1.82, 2.24) is 19.6 Å². The van der Waals surface area contributed by atoms with E-state index in [-0.39, 0.29) is 18.1 Å². The number of aromatic nitrogens is 2. The van der Waals surface area contributed by atoms with Gasteiger partial charge >= 0.3 is 0 Å². The van der Waals surface area contributed by atoms with E-state index >= 15 is 0 Å². The van der Waals surface area contributed by atoms with E-state index in [2.05, 4.69) is 22.1 Å². The van der Waals surface area contributed by atoms with E-state index in [9.17, 15) is 14.4 Å². The smallest absolute Gasteiger partial charge is 0.275 e. The monoisotopic (exact) mass is 447 g/mol. The van der Waals surface area contributed by atoms with Gasteiger partial charge in [-0.1, -0.05) is 30.3 Å². The normalized spacial score (nSPS) is 15.9. The molecule has 2 N–H and O–H groups in total. The van der Waals surface area contributed by atoms with Crippen LogP contribution in [0.4, 0.5) is 0 Å². The molecule has 9 nitrogen and oxygen atoms in total. The average Bonchev–Trinajstić information content (AvgIpc) is 3.29. The van der Waals surface area contributed by atoms with Crippen LogP contribution in [-0.4, -0.2) is 64.2 Å². The van der Waals surface area contributed by atoms with Gasteiger partial charge in [-0.3, -0.25) is 19.3 Å². The molecule has 2 amide bonds. The number of ether oxygens (including phenoxy) is 1. The van der Waals surface area contributed by atoms with E-state index in [1.54, 1.807) is 29.2 Å². The maximum absolute atomic E-state index is 12.9. The second kappa shape index (κ2) is 8.67. The van der Waals surface area contributed by atoms with Crippen LogP contribution in [0.25, 0.3) is 10.8 Å². The molecule has 1 saturated heterocycles. The zero-order chi connectivity index (χ0) is 22.9. The molecule has 170 valence electrons. The molecule has 0 aliphatic carbocycles. The number of primary amides is 1. The topological polar surface area (TPSA) is 111 Å². The Labute approximate surface area is 190 Å². The average molecular weight is 447 g/mol. The van der Waals surface area contributed by atoms with Gasteiger partial charge in [0, 0.05) is 44.5 Å². The summed E-state index contributed by atoms with van der Waals surface area (Å²) in [5.41, 5.74) is 7.53. The Morgan fingerprint density at radius 3 is 2.55 bits per heavy atom. The molecule has 9 heteroatoms. The molecule has 0 radical (unpaired) electrons. The van der Waals surface area contributed by atoms with Crippen molar-refractivity contribution in [1.29, 1.82) is 0 Å². The number of amides is 2. The molecule has 0 atom stereocenters. The number of hydrogen-bond acceptors (Lipinski definition) is 6. The molecule has 0 spiro atoms. The molecular formula is C24H25N5O4. The first-order valence-electron chi connectivity index (χ1n) is 11.0. The Morgan fingerprint density at radius 1 is 1.03 bits per heavy atom. The fraction of sp³-hybridized carbons (Fsp3) is 0.333. The van der Waals surface area contributed by atoms with Gasteiger partial charge in [0.25, 0.3) is 11.5 Å². The molecule has 3 heterocycles. The quantitative estimate of drug-likeness (QED) is 0.619. The molecule has 0 saturated carbocycles. The van der Waals surface area contributed by atoms with Crippen LogP contribution >= 0.6 is 0 Å². The summed E-state index contributed by atoms with van der Waals surface area (Å²) in [4.78, 5) is 41.6. The third-order valence-corrected chi connectivity index (χ3v) is 6.27. The van der Waals surface area contributed by atoms with E-state index in [4.69, 9.17) is 10.5 Å². The van der Waals surface area contributed by atoms with Gasteiger partial charge in [-0.15, -0.1) is 0 Å². The number of fused-ring (bicyclic) bond motifs is 2. The van der Waals surface area contributed by atoms with Gasteiger partial charge in [0.05, 0.1) is 12.0 Å². The standard InChI is InChI=1S/C24H25N5O4/c25-23(31)22-18-3-1-2-4-19(18)24(32)29(26-22)15-21(30)28-10-8-27(9-11-28)14-16-5-6-20-17(13-16)7-12-33-20/h1-6,13H,7-12,14-15H2,(H2,25,31). The Kier molecular flexibility index (Phi) is 5.55. The predicted octanol–water partition coefficient (Wildman–Crippen LogP) is 0.775. The summed E-state index contributed by atoms with van der Waals surface area (Å²) < 4.78 is 6.62. The lowest BCUT2D eigenvalue weighted by molar-refractivity contribution is -0.133. The van der Waals surface area contributed by atoms with Crippen LogP contribution in [0.1, 0.15) is 21.6 Å². The first kappa shape index (κ1) is 21.1. The fourth-order valence-corrected chi connectivity index (χ4v) is 4.50. The van der Waals surface area contributed by atoms with Gasteiger partial charge < -0.3 is 15.4 Å². The van der Waals surface area contributed by atoms with Crippen LogP contribution in [0.5, 0.6) is 5.75 Å². The third-order valence-electron chi connectivity index (χ3n) is 6.27. The van der Waals surface area contributed by atoms with Gasteiger partial charge in [0.2, 0.25) is 5.91 Å². The van der Waals surface area contributed by atoms with E-state index < -0.39 is 11.5 Å². The molecule has 3 aromatic rings. The number of piperazine rings is 1. The zero-order valence-corrected chi connectivity index (χ0v) is 18.2. The number of carbonyl (C=O) groups is 2. The molecule has 0 unspecified atom stereocenters. The number of hydrogen-bond donors (Lipinski definition) is 1. The molecule has 1 fully saturated rings. The Bertz CT molecular complexity index is 1290. The van der Waals surface area contributed by atoms with Gasteiger partial charge in [0.15, 0.2) is 5.69 Å². The van der Waals surface area contributed by atoms with Gasteiger partial charge in [-0.05, 0) is 23.3 Å². The van der Waals surface area contributed by atoms with Crippen molar-refractivity contribution in [3.63, 3.8) is 0 Å². The van der Waals surface area contributed by atoms with E-state index in [1.807, 2.05) is 6.07 Å². The van der Waals surface area contributed by atoms with Crippen molar-refractivity contribution in [2.45, 2.75) is 19.5 Å². The number of nitrogens with two attached hydrogens (primary N) is 1. The minimum atomic E-state index is -0.737. The number of rotatable bonds is 5. The van der Waals surface area contributed by atoms with Crippen LogP contribution in [0.15, 0.2) is 47.3 Å². The minimum Gasteiger partial charge on any atom is -0.493 e. The molecule has 2 aliphatic rings. The van der Waals surface area contributed by atoms with Crippen LogP contribution in [-0.2, 0) is 24.3 Å². The van der Waals surface area contributed by atoms with Crippen molar-refractivity contribution >= 4 is 22.6 Å². The summed E-state index contributed by atoms with van der Waals surface area (Å²) in [5, 5.41) is 4.81. The van der Waals surface area contributed by atoms with Crippen molar-refractivity contribution in [2.75, 3.05) is 32.8 Å². The molecule has 2 aromatic carbocycles. The minimum absolute atomic E-state index is 0.0115. The van der Waals surface area contributed by atoms with Crippen LogP contribution in [0.3, 0.4) is 0 Å². The molecule has 5 rings (SSSR count). The lowest BCUT2D eigenvalue weighted by Crippen LogP contribution is -2.49. The summed E-state index contributed by atoms with van der Waals surface area (Å²) in [6, 6.07) is 13.0. The highest BCUT2D eigenvalue weighted by atomic mass is 16.5. The van der Waals surface area contributed by atoms with Crippen molar-refractivity contribution in [2.24, 2.45) is 5.73 Å². The summed E-state index contributed by atoms with van der Waals surface area (Å²) in [6.45, 7) is 3.96. The lowest BCUT2D eigenvalue weighted by atomic mass is 10.1. The predicted molar refractivity (Wildman–Crippen MR) is 122 cm³/mol. The largest absolute Gasteiger partial charge is 0.493 e. The molecule has 2 aliphatic heterocycles. The molecule has 1 aromatic heterocycles. The van der Waals surface area contributed by atoms with Gasteiger partial charge in [-0.2, -0.15) is 5.10 Å². The molecule has 0 bridgehead atoms. The Hall–Kier alpha value is -3.72. The van der Waals surface area contributed by atoms with Crippen LogP contribution in [0.2, 0.25) is 0 Å². The lowest BCUT2D eigenvalue weighted by Gasteiger charge is -2.34. The molecular weight excluding hydrogens is 422 g/mol. The summed E-state index contributed by atoms with van der Waals surface area (Å²) >= 11 is 0. The first-order chi connectivity index (χ1) is 16.0. The number of nitrogens with zero attached hydrogens (tertiary/aromatic N) is 4. The van der Waals surface area contributed by atoms with E-state index in [1.165, 1.54) is 11.1 Å². The number of benzene rings is 2. The third kappa shape index (κ3) is 4.19. The Morgan fingerprint density at radius 2 is 1.79 bits per heavy atom. The SMILES string of the molecule is NC(=O)c1nn(CC(=O)N2CCN(Cc3ccc4c(c3)CCO4)CC2)c(=O)c2ccccc12. The zero-order valence-electron chi connectivity index (χ0n) is 18.2. The van der Waals surface area contributed by atoms with Crippen molar-refractivity contribution < 1.29 is 14.3 Å². The fourth-order valence-electron chi connectivity index (χ4n) is 4.50. The summed E-state index contributed by atoms with van der Waals surface area (Å²) in [5.74, 6) is 0.0370. The van der Waals surface area contributed by atoms with Crippen LogP contribution < -0.4 is 16.0 Å².